The van der Waals surface area contributed by atoms with Gasteiger partial charge in [-0.1, -0.05) is 24.4 Å². The van der Waals surface area contributed by atoms with Crippen LogP contribution in [0.4, 0.5) is 5.69 Å². The van der Waals surface area contributed by atoms with Crippen molar-refractivity contribution in [1.82, 2.24) is 4.98 Å². The summed E-state index contributed by atoms with van der Waals surface area (Å²) < 4.78 is 7.67. The van der Waals surface area contributed by atoms with E-state index in [1.54, 1.807) is 6.26 Å². The molecule has 0 amide bonds. The number of fused-ring (bicyclic) bond motifs is 1. The van der Waals surface area contributed by atoms with Crippen molar-refractivity contribution >= 4 is 54.8 Å². The van der Waals surface area contributed by atoms with Gasteiger partial charge in [0, 0.05) is 10.9 Å². The molecule has 3 aromatic heterocycles. The molecule has 0 unspecified atom stereocenters. The fourth-order valence-corrected chi connectivity index (χ4v) is 5.68. The van der Waals surface area contributed by atoms with Gasteiger partial charge in [0.15, 0.2) is 0 Å². The Labute approximate surface area is 152 Å². The molecule has 3 nitrogen and oxygen atoms in total. The molecule has 3 aromatic rings. The Morgan fingerprint density at radius 1 is 1.39 bits per heavy atom. The lowest BCUT2D eigenvalue weighted by atomic mass is 10.1. The number of hydrogen-bond acceptors (Lipinski definition) is 4. The number of hydrogen-bond donors (Lipinski definition) is 1. The van der Waals surface area contributed by atoms with Crippen LogP contribution in [0.1, 0.15) is 42.2 Å². The maximum atomic E-state index is 6.23. The van der Waals surface area contributed by atoms with Crippen molar-refractivity contribution in [2.24, 2.45) is 0 Å². The van der Waals surface area contributed by atoms with Gasteiger partial charge in [-0.25, -0.2) is 4.98 Å². The molecule has 1 N–H and O–H groups in total. The summed E-state index contributed by atoms with van der Waals surface area (Å²) in [5.74, 6) is 1.55. The summed E-state index contributed by atoms with van der Waals surface area (Å²) in [6.45, 7) is 0.636. The van der Waals surface area contributed by atoms with E-state index in [0.29, 0.717) is 17.6 Å². The average Bonchev–Trinajstić information content (AvgIpc) is 3.26. The van der Waals surface area contributed by atoms with Gasteiger partial charge in [-0.15, -0.1) is 11.3 Å². The molecule has 0 aliphatic heterocycles. The monoisotopic (exact) mass is 410 g/mol. The highest BCUT2D eigenvalue weighted by molar-refractivity contribution is 9.10. The van der Waals surface area contributed by atoms with Crippen LogP contribution in [-0.4, -0.2) is 4.98 Å². The first kappa shape index (κ1) is 15.5. The summed E-state index contributed by atoms with van der Waals surface area (Å²) in [6.07, 6.45) is 6.88. The van der Waals surface area contributed by atoms with Crippen molar-refractivity contribution in [3.8, 4) is 0 Å². The molecule has 23 heavy (non-hydrogen) atoms. The Balaban J connectivity index is 1.72. The molecule has 1 aliphatic rings. The maximum Gasteiger partial charge on any atom is 0.131 e. The molecule has 120 valence electrons. The highest BCUT2D eigenvalue weighted by Gasteiger charge is 2.24. The maximum absolute atomic E-state index is 6.23. The van der Waals surface area contributed by atoms with Crippen LogP contribution in [0.2, 0.25) is 5.15 Å². The normalized spacial score (nSPS) is 15.6. The first-order chi connectivity index (χ1) is 11.2. The van der Waals surface area contributed by atoms with Crippen LogP contribution < -0.4 is 5.32 Å². The van der Waals surface area contributed by atoms with E-state index in [-0.39, 0.29) is 0 Å². The summed E-state index contributed by atoms with van der Waals surface area (Å²) in [5.41, 5.74) is 1.98. The molecule has 6 heteroatoms. The number of thiophene rings is 1. The van der Waals surface area contributed by atoms with E-state index in [4.69, 9.17) is 16.0 Å². The lowest BCUT2D eigenvalue weighted by Crippen LogP contribution is -1.98. The number of anilines is 1. The third-order valence-corrected chi connectivity index (χ3v) is 6.97. The Hall–Kier alpha value is -1.04. The molecule has 0 aromatic carbocycles. The summed E-state index contributed by atoms with van der Waals surface area (Å²) in [6, 6.07) is 5.75. The summed E-state index contributed by atoms with van der Waals surface area (Å²) in [7, 11) is 0. The molecule has 4 rings (SSSR count). The molecular weight excluding hydrogens is 396 g/mol. The molecule has 0 spiro atoms. The van der Waals surface area contributed by atoms with Crippen LogP contribution in [0.5, 0.6) is 0 Å². The number of nitrogens with one attached hydrogen (secondary N) is 1. The summed E-state index contributed by atoms with van der Waals surface area (Å²) in [4.78, 5) is 5.95. The van der Waals surface area contributed by atoms with Gasteiger partial charge in [0.05, 0.1) is 33.2 Å². The Morgan fingerprint density at radius 3 is 2.96 bits per heavy atom. The third-order valence-electron chi connectivity index (χ3n) is 4.34. The highest BCUT2D eigenvalue weighted by Crippen LogP contribution is 2.47. The first-order valence-corrected chi connectivity index (χ1v) is 9.76. The van der Waals surface area contributed by atoms with E-state index in [0.717, 1.165) is 26.1 Å². The summed E-state index contributed by atoms with van der Waals surface area (Å²) >= 11 is 11.8. The van der Waals surface area contributed by atoms with Crippen LogP contribution in [0.3, 0.4) is 0 Å². The second-order valence-corrected chi connectivity index (χ2v) is 8.10. The zero-order chi connectivity index (χ0) is 15.8. The van der Waals surface area contributed by atoms with Crippen molar-refractivity contribution in [1.29, 1.82) is 0 Å². The SMILES string of the molecule is Clc1cc(NCc2ccco2)c2sc(C3CCCC3)c(Br)c2n1. The van der Waals surface area contributed by atoms with Gasteiger partial charge in [-0.05, 0) is 46.8 Å². The number of pyridine rings is 1. The molecule has 0 saturated heterocycles. The van der Waals surface area contributed by atoms with E-state index >= 15 is 0 Å². The van der Waals surface area contributed by atoms with E-state index in [1.165, 1.54) is 30.6 Å². The van der Waals surface area contributed by atoms with Crippen molar-refractivity contribution in [3.63, 3.8) is 0 Å². The number of nitrogens with zero attached hydrogens (tertiary/aromatic N) is 1. The van der Waals surface area contributed by atoms with Crippen LogP contribution in [0.25, 0.3) is 10.2 Å². The molecule has 1 saturated carbocycles. The first-order valence-electron chi connectivity index (χ1n) is 7.77. The van der Waals surface area contributed by atoms with Gasteiger partial charge in [-0.2, -0.15) is 0 Å². The second-order valence-electron chi connectivity index (χ2n) is 5.86. The van der Waals surface area contributed by atoms with Crippen molar-refractivity contribution in [3.05, 3.63) is 44.7 Å². The molecule has 0 radical (unpaired) electrons. The van der Waals surface area contributed by atoms with E-state index < -0.39 is 0 Å². The number of furan rings is 1. The van der Waals surface area contributed by atoms with Gasteiger partial charge < -0.3 is 9.73 Å². The minimum absolute atomic E-state index is 0.510. The second kappa shape index (κ2) is 6.46. The minimum Gasteiger partial charge on any atom is -0.467 e. The average molecular weight is 412 g/mol. The molecule has 1 aliphatic carbocycles. The lowest BCUT2D eigenvalue weighted by Gasteiger charge is -2.06. The van der Waals surface area contributed by atoms with Gasteiger partial charge in [0.25, 0.3) is 0 Å². The zero-order valence-corrected chi connectivity index (χ0v) is 15.6. The molecular formula is C17H16BrClN2OS. The number of halogens is 2. The zero-order valence-electron chi connectivity index (χ0n) is 12.4. The van der Waals surface area contributed by atoms with Gasteiger partial charge in [-0.3, -0.25) is 0 Å². The van der Waals surface area contributed by atoms with Gasteiger partial charge in [0.2, 0.25) is 0 Å². The third kappa shape index (κ3) is 3.02. The van der Waals surface area contributed by atoms with Crippen LogP contribution in [0.15, 0.2) is 33.4 Å². The summed E-state index contributed by atoms with van der Waals surface area (Å²) in [5, 5.41) is 3.94. The van der Waals surface area contributed by atoms with Crippen LogP contribution >= 0.6 is 38.9 Å². The topological polar surface area (TPSA) is 38.1 Å². The molecule has 0 atom stereocenters. The lowest BCUT2D eigenvalue weighted by molar-refractivity contribution is 0.518. The van der Waals surface area contributed by atoms with Crippen molar-refractivity contribution in [2.45, 2.75) is 38.1 Å². The molecule has 3 heterocycles. The fraction of sp³-hybridized carbons (Fsp3) is 0.353. The fourth-order valence-electron chi connectivity index (χ4n) is 3.20. The quantitative estimate of drug-likeness (QED) is 0.493. The van der Waals surface area contributed by atoms with E-state index in [9.17, 15) is 0 Å². The smallest absolute Gasteiger partial charge is 0.131 e. The molecule has 1 fully saturated rings. The Morgan fingerprint density at radius 2 is 2.22 bits per heavy atom. The van der Waals surface area contributed by atoms with Gasteiger partial charge in [0.1, 0.15) is 10.9 Å². The van der Waals surface area contributed by atoms with Gasteiger partial charge >= 0.3 is 0 Å². The van der Waals surface area contributed by atoms with Crippen LogP contribution in [-0.2, 0) is 6.54 Å². The Kier molecular flexibility index (Phi) is 4.35. The Bertz CT molecular complexity index is 825. The highest BCUT2D eigenvalue weighted by atomic mass is 79.9. The van der Waals surface area contributed by atoms with Crippen LogP contribution in [0, 0.1) is 0 Å². The minimum atomic E-state index is 0.510. The van der Waals surface area contributed by atoms with E-state index in [1.807, 2.05) is 29.5 Å². The standard InChI is InChI=1S/C17H16BrClN2OS/c18-14-15-17(23-16(14)10-4-1-2-5-10)12(8-13(19)21-15)20-9-11-6-3-7-22-11/h3,6-8,10H,1-2,4-5,9H2,(H,20,21). The molecule has 0 bridgehead atoms. The van der Waals surface area contributed by atoms with E-state index in [2.05, 4.69) is 26.2 Å². The number of rotatable bonds is 4. The van der Waals surface area contributed by atoms with Crippen molar-refractivity contribution in [2.75, 3.05) is 5.32 Å². The predicted octanol–water partition coefficient (Wildman–Crippen LogP) is 6.57. The van der Waals surface area contributed by atoms with Crippen molar-refractivity contribution < 1.29 is 4.42 Å². The largest absolute Gasteiger partial charge is 0.467 e. The number of aromatic nitrogens is 1. The predicted molar refractivity (Wildman–Crippen MR) is 99.6 cm³/mol.